The van der Waals surface area contributed by atoms with Crippen molar-refractivity contribution in [2.24, 2.45) is 11.3 Å². The molecular formula is C9H16NO. The molecule has 2 fully saturated rings. The summed E-state index contributed by atoms with van der Waals surface area (Å²) in [7, 11) is 0. The van der Waals surface area contributed by atoms with Crippen LogP contribution in [0, 0.1) is 11.3 Å². The van der Waals surface area contributed by atoms with Crippen LogP contribution in [0.4, 0.5) is 0 Å². The Hall–Kier alpha value is -0.0800. The number of fused-ring (bicyclic) bond motifs is 2. The van der Waals surface area contributed by atoms with Crippen LogP contribution in [-0.4, -0.2) is 11.8 Å². The molecule has 2 nitrogen and oxygen atoms in total. The SMILES string of the molecule is CC12CCC(C([NH])O1)C2(C)C. The average Bonchev–Trinajstić information content (AvgIpc) is 2.13. The van der Waals surface area contributed by atoms with Crippen molar-refractivity contribution < 1.29 is 4.74 Å². The van der Waals surface area contributed by atoms with E-state index in [-0.39, 0.29) is 17.2 Å². The molecule has 1 N–H and O–H groups in total. The van der Waals surface area contributed by atoms with E-state index in [2.05, 4.69) is 20.8 Å². The summed E-state index contributed by atoms with van der Waals surface area (Å²) in [5, 5.41) is 0. The van der Waals surface area contributed by atoms with Crippen LogP contribution >= 0.6 is 0 Å². The van der Waals surface area contributed by atoms with Crippen molar-refractivity contribution in [3.63, 3.8) is 0 Å². The third-order valence-corrected chi connectivity index (χ3v) is 3.97. The number of rotatable bonds is 0. The van der Waals surface area contributed by atoms with Crippen molar-refractivity contribution >= 4 is 0 Å². The Labute approximate surface area is 68.1 Å². The first-order valence-electron chi connectivity index (χ1n) is 4.36. The molecule has 63 valence electrons. The third kappa shape index (κ3) is 0.695. The summed E-state index contributed by atoms with van der Waals surface area (Å²) < 4.78 is 5.63. The average molecular weight is 154 g/mol. The molecule has 2 rings (SSSR count). The molecular weight excluding hydrogens is 138 g/mol. The zero-order chi connectivity index (χ0) is 8.28. The topological polar surface area (TPSA) is 33.0 Å². The molecule has 0 aromatic rings. The van der Waals surface area contributed by atoms with Gasteiger partial charge >= 0.3 is 0 Å². The van der Waals surface area contributed by atoms with Gasteiger partial charge in [0, 0.05) is 11.3 Å². The van der Waals surface area contributed by atoms with Gasteiger partial charge in [-0.3, -0.25) is 0 Å². The second-order valence-corrected chi connectivity index (χ2v) is 4.64. The molecule has 0 amide bonds. The standard InChI is InChI=1S/C9H16NO/c1-8(2)6-4-5-9(8,3)11-7(6)10/h6-7,10H,4-5H2,1-3H3. The van der Waals surface area contributed by atoms with Gasteiger partial charge in [0.25, 0.3) is 0 Å². The Bertz CT molecular complexity index is 187. The monoisotopic (exact) mass is 154 g/mol. The summed E-state index contributed by atoms with van der Waals surface area (Å²) >= 11 is 0. The highest BCUT2D eigenvalue weighted by atomic mass is 16.5. The second kappa shape index (κ2) is 1.80. The van der Waals surface area contributed by atoms with E-state index < -0.39 is 0 Å². The summed E-state index contributed by atoms with van der Waals surface area (Å²) in [4.78, 5) is 0. The zero-order valence-electron chi connectivity index (χ0n) is 7.48. The van der Waals surface area contributed by atoms with Crippen molar-refractivity contribution in [1.82, 2.24) is 5.73 Å². The van der Waals surface area contributed by atoms with Crippen LogP contribution in [0.1, 0.15) is 33.6 Å². The number of nitrogens with one attached hydrogen (secondary N) is 1. The van der Waals surface area contributed by atoms with Gasteiger partial charge in [0.2, 0.25) is 0 Å². The van der Waals surface area contributed by atoms with Crippen LogP contribution in [0.2, 0.25) is 0 Å². The third-order valence-electron chi connectivity index (χ3n) is 3.97. The van der Waals surface area contributed by atoms with E-state index in [0.29, 0.717) is 5.92 Å². The van der Waals surface area contributed by atoms with Crippen LogP contribution < -0.4 is 5.73 Å². The summed E-state index contributed by atoms with van der Waals surface area (Å²) in [6, 6.07) is 0. The van der Waals surface area contributed by atoms with Crippen molar-refractivity contribution in [1.29, 1.82) is 0 Å². The van der Waals surface area contributed by atoms with Crippen molar-refractivity contribution in [2.45, 2.75) is 45.4 Å². The molecule has 0 spiro atoms. The molecule has 3 unspecified atom stereocenters. The van der Waals surface area contributed by atoms with Crippen molar-refractivity contribution in [3.8, 4) is 0 Å². The van der Waals surface area contributed by atoms with E-state index in [1.807, 2.05) is 0 Å². The lowest BCUT2D eigenvalue weighted by Crippen LogP contribution is -2.35. The Kier molecular flexibility index (Phi) is 1.24. The zero-order valence-corrected chi connectivity index (χ0v) is 7.48. The molecule has 1 aliphatic heterocycles. The van der Waals surface area contributed by atoms with Crippen molar-refractivity contribution in [3.05, 3.63) is 0 Å². The predicted molar refractivity (Wildman–Crippen MR) is 42.9 cm³/mol. The smallest absolute Gasteiger partial charge is 0.124 e. The maximum absolute atomic E-state index is 7.68. The van der Waals surface area contributed by atoms with Crippen molar-refractivity contribution in [2.75, 3.05) is 0 Å². The number of hydrogen-bond donors (Lipinski definition) is 0. The normalized spacial score (nSPS) is 53.5. The number of ether oxygens (including phenoxy) is 1. The van der Waals surface area contributed by atoms with Gasteiger partial charge in [0.05, 0.1) is 5.60 Å². The van der Waals surface area contributed by atoms with Gasteiger partial charge in [-0.2, -0.15) is 0 Å². The van der Waals surface area contributed by atoms with E-state index in [1.165, 1.54) is 6.42 Å². The second-order valence-electron chi connectivity index (χ2n) is 4.64. The molecule has 1 radical (unpaired) electrons. The molecule has 3 atom stereocenters. The fourth-order valence-corrected chi connectivity index (χ4v) is 2.61. The molecule has 1 saturated carbocycles. The van der Waals surface area contributed by atoms with Crippen LogP contribution in [0.15, 0.2) is 0 Å². The number of hydrogen-bond acceptors (Lipinski definition) is 1. The lowest BCUT2D eigenvalue weighted by molar-refractivity contribution is -0.0772. The Morgan fingerprint density at radius 2 is 2.00 bits per heavy atom. The van der Waals surface area contributed by atoms with Crippen LogP contribution in [0.3, 0.4) is 0 Å². The molecule has 1 heterocycles. The van der Waals surface area contributed by atoms with Gasteiger partial charge in [0.15, 0.2) is 0 Å². The minimum absolute atomic E-state index is 0.00984. The summed E-state index contributed by atoms with van der Waals surface area (Å²) in [5.41, 5.74) is 7.89. The summed E-state index contributed by atoms with van der Waals surface area (Å²) in [6.07, 6.45) is 2.06. The first-order chi connectivity index (χ1) is 4.97. The lowest BCUT2D eigenvalue weighted by atomic mass is 9.75. The maximum atomic E-state index is 7.68. The first-order valence-corrected chi connectivity index (χ1v) is 4.36. The Morgan fingerprint density at radius 1 is 1.36 bits per heavy atom. The predicted octanol–water partition coefficient (Wildman–Crippen LogP) is 1.82. The highest BCUT2D eigenvalue weighted by Crippen LogP contribution is 2.59. The minimum atomic E-state index is -0.260. The highest BCUT2D eigenvalue weighted by Gasteiger charge is 2.61. The highest BCUT2D eigenvalue weighted by molar-refractivity contribution is 5.08. The quantitative estimate of drug-likeness (QED) is 0.524. The van der Waals surface area contributed by atoms with Gasteiger partial charge in [-0.15, -0.1) is 0 Å². The Morgan fingerprint density at radius 3 is 2.18 bits per heavy atom. The molecule has 1 aliphatic carbocycles. The fraction of sp³-hybridized carbons (Fsp3) is 1.00. The molecule has 2 heteroatoms. The fourth-order valence-electron chi connectivity index (χ4n) is 2.61. The van der Waals surface area contributed by atoms with Gasteiger partial charge in [-0.1, -0.05) is 13.8 Å². The minimum Gasteiger partial charge on any atom is -0.355 e. The molecule has 0 aromatic heterocycles. The van der Waals surface area contributed by atoms with E-state index in [9.17, 15) is 0 Å². The van der Waals surface area contributed by atoms with Gasteiger partial charge in [-0.25, -0.2) is 5.73 Å². The maximum Gasteiger partial charge on any atom is 0.124 e. The summed E-state index contributed by atoms with van der Waals surface area (Å²) in [5.74, 6) is 0.465. The van der Waals surface area contributed by atoms with E-state index >= 15 is 0 Å². The molecule has 2 aliphatic rings. The van der Waals surface area contributed by atoms with E-state index in [0.717, 1.165) is 6.42 Å². The molecule has 11 heavy (non-hydrogen) atoms. The van der Waals surface area contributed by atoms with Crippen LogP contribution in [-0.2, 0) is 4.74 Å². The van der Waals surface area contributed by atoms with E-state index in [4.69, 9.17) is 10.5 Å². The Balaban J connectivity index is 2.37. The molecule has 2 bridgehead atoms. The summed E-state index contributed by atoms with van der Waals surface area (Å²) in [6.45, 7) is 6.62. The van der Waals surface area contributed by atoms with Crippen LogP contribution in [0.25, 0.3) is 0 Å². The molecule has 0 aromatic carbocycles. The van der Waals surface area contributed by atoms with Gasteiger partial charge < -0.3 is 4.74 Å². The largest absolute Gasteiger partial charge is 0.355 e. The van der Waals surface area contributed by atoms with Gasteiger partial charge in [-0.05, 0) is 19.8 Å². The van der Waals surface area contributed by atoms with Crippen LogP contribution in [0.5, 0.6) is 0 Å². The first kappa shape index (κ1) is 7.56. The lowest BCUT2D eigenvalue weighted by Gasteiger charge is -2.32. The van der Waals surface area contributed by atoms with Gasteiger partial charge in [0.1, 0.15) is 6.23 Å². The molecule has 1 saturated heterocycles. The van der Waals surface area contributed by atoms with E-state index in [1.54, 1.807) is 0 Å².